The summed E-state index contributed by atoms with van der Waals surface area (Å²) >= 11 is 0. The standard InChI is InChI=1S/2C15H17.2ClH.Hf/c2*1-2-6-12(7-3-1)15-10-13-8-4-5-9-14(13)11-15;;;/h2*4-5,8-12H,1-3,6-7H2;2*1H;/q2*-1;;;+4/p-2. The Morgan fingerprint density at radius 2 is 0.879 bits per heavy atom. The van der Waals surface area contributed by atoms with E-state index in [4.69, 9.17) is 0 Å². The van der Waals surface area contributed by atoms with Gasteiger partial charge in [0.1, 0.15) is 0 Å². The maximum Gasteiger partial charge on any atom is 4.00 e. The fraction of sp³-hybridized carbons (Fsp3) is 0.400. The zero-order valence-corrected chi connectivity index (χ0v) is 24.5. The zero-order chi connectivity index (χ0) is 20.2. The minimum absolute atomic E-state index is 0. The molecule has 0 bridgehead atoms. The normalized spacial score (nSPS) is 16.7. The van der Waals surface area contributed by atoms with Crippen molar-refractivity contribution in [2.75, 3.05) is 0 Å². The Balaban J connectivity index is 0.000000214. The third-order valence-electron chi connectivity index (χ3n) is 7.43. The molecular formula is C30H34Cl2Hf. The molecule has 0 atom stereocenters. The van der Waals surface area contributed by atoms with Crippen LogP contribution >= 0.6 is 0 Å². The van der Waals surface area contributed by atoms with E-state index in [1.165, 1.54) is 85.8 Å². The quantitative estimate of drug-likeness (QED) is 0.233. The first-order chi connectivity index (χ1) is 14.9. The Morgan fingerprint density at radius 1 is 0.515 bits per heavy atom. The van der Waals surface area contributed by atoms with E-state index in [1.807, 2.05) is 0 Å². The summed E-state index contributed by atoms with van der Waals surface area (Å²) in [6.07, 6.45) is 14.2. The molecule has 4 aromatic rings. The van der Waals surface area contributed by atoms with Crippen LogP contribution in [-0.4, -0.2) is 0 Å². The summed E-state index contributed by atoms with van der Waals surface area (Å²) in [5, 5.41) is 5.66. The van der Waals surface area contributed by atoms with Crippen LogP contribution < -0.4 is 24.8 Å². The number of benzene rings is 2. The van der Waals surface area contributed by atoms with Crippen LogP contribution in [0.3, 0.4) is 0 Å². The molecule has 0 radical (unpaired) electrons. The maximum atomic E-state index is 2.39. The van der Waals surface area contributed by atoms with Gasteiger partial charge >= 0.3 is 25.8 Å². The molecule has 33 heavy (non-hydrogen) atoms. The molecule has 4 aromatic carbocycles. The third kappa shape index (κ3) is 7.06. The second-order valence-electron chi connectivity index (χ2n) is 9.51. The Hall–Kier alpha value is -0.890. The van der Waals surface area contributed by atoms with Gasteiger partial charge in [0, 0.05) is 0 Å². The molecule has 0 spiro atoms. The summed E-state index contributed by atoms with van der Waals surface area (Å²) in [5.74, 6) is 1.68. The van der Waals surface area contributed by atoms with Crippen LogP contribution in [0.5, 0.6) is 0 Å². The largest absolute Gasteiger partial charge is 4.00 e. The van der Waals surface area contributed by atoms with E-state index in [-0.39, 0.29) is 50.7 Å². The van der Waals surface area contributed by atoms with Crippen LogP contribution in [0.2, 0.25) is 0 Å². The van der Waals surface area contributed by atoms with Gasteiger partial charge in [-0.3, -0.25) is 0 Å². The monoisotopic (exact) mass is 644 g/mol. The van der Waals surface area contributed by atoms with Crippen molar-refractivity contribution in [3.8, 4) is 0 Å². The van der Waals surface area contributed by atoms with Gasteiger partial charge in [0.15, 0.2) is 0 Å². The summed E-state index contributed by atoms with van der Waals surface area (Å²) in [5.41, 5.74) is 3.16. The van der Waals surface area contributed by atoms with Gasteiger partial charge in [-0.15, -0.1) is 81.2 Å². The van der Waals surface area contributed by atoms with Gasteiger partial charge in [0.25, 0.3) is 0 Å². The first-order valence-corrected chi connectivity index (χ1v) is 12.2. The molecule has 0 N–H and O–H groups in total. The van der Waals surface area contributed by atoms with E-state index >= 15 is 0 Å². The summed E-state index contributed by atoms with van der Waals surface area (Å²) in [6.45, 7) is 0. The second kappa shape index (κ2) is 13.9. The molecule has 0 saturated heterocycles. The number of rotatable bonds is 2. The van der Waals surface area contributed by atoms with Crippen LogP contribution in [0.25, 0.3) is 21.5 Å². The van der Waals surface area contributed by atoms with E-state index in [9.17, 15) is 0 Å². The van der Waals surface area contributed by atoms with Crippen LogP contribution in [0.15, 0.2) is 72.8 Å². The summed E-state index contributed by atoms with van der Waals surface area (Å²) in [7, 11) is 0. The van der Waals surface area contributed by atoms with Crippen molar-refractivity contribution in [3.63, 3.8) is 0 Å². The molecule has 0 heterocycles. The maximum absolute atomic E-state index is 2.39. The molecule has 3 heteroatoms. The first-order valence-electron chi connectivity index (χ1n) is 12.2. The van der Waals surface area contributed by atoms with Gasteiger partial charge in [-0.1, -0.05) is 50.7 Å². The summed E-state index contributed by atoms with van der Waals surface area (Å²) < 4.78 is 0. The minimum atomic E-state index is 0. The molecule has 2 fully saturated rings. The Labute approximate surface area is 230 Å². The molecule has 0 nitrogen and oxygen atoms in total. The Morgan fingerprint density at radius 3 is 1.24 bits per heavy atom. The van der Waals surface area contributed by atoms with Crippen molar-refractivity contribution in [1.82, 2.24) is 0 Å². The Bertz CT molecular complexity index is 927. The van der Waals surface area contributed by atoms with Gasteiger partial charge in [-0.2, -0.15) is 12.1 Å². The summed E-state index contributed by atoms with van der Waals surface area (Å²) in [6, 6.07) is 27.0. The predicted molar refractivity (Wildman–Crippen MR) is 131 cm³/mol. The molecule has 0 unspecified atom stereocenters. The molecule has 172 valence electrons. The van der Waals surface area contributed by atoms with Crippen LogP contribution in [0, 0.1) is 0 Å². The molecule has 6 rings (SSSR count). The van der Waals surface area contributed by atoms with Gasteiger partial charge in [0.05, 0.1) is 0 Å². The third-order valence-corrected chi connectivity index (χ3v) is 7.43. The van der Waals surface area contributed by atoms with Crippen molar-refractivity contribution in [2.45, 2.75) is 76.0 Å². The number of fused-ring (bicyclic) bond motifs is 2. The topological polar surface area (TPSA) is 0 Å². The average Bonchev–Trinajstić information content (AvgIpc) is 3.45. The van der Waals surface area contributed by atoms with Gasteiger partial charge < -0.3 is 24.8 Å². The molecule has 2 aliphatic carbocycles. The Kier molecular flexibility index (Phi) is 11.9. The first kappa shape index (κ1) is 28.3. The minimum Gasteiger partial charge on any atom is -1.00 e. The number of halogens is 2. The fourth-order valence-electron chi connectivity index (χ4n) is 5.69. The van der Waals surface area contributed by atoms with Gasteiger partial charge in [0.2, 0.25) is 0 Å². The van der Waals surface area contributed by atoms with Crippen molar-refractivity contribution in [1.29, 1.82) is 0 Å². The van der Waals surface area contributed by atoms with Gasteiger partial charge in [-0.05, 0) is 37.5 Å². The molecule has 0 amide bonds. The van der Waals surface area contributed by atoms with E-state index in [0.29, 0.717) is 0 Å². The second-order valence-corrected chi connectivity index (χ2v) is 9.51. The molecule has 0 aromatic heterocycles. The molecule has 0 aliphatic heterocycles. The van der Waals surface area contributed by atoms with E-state index in [2.05, 4.69) is 72.8 Å². The van der Waals surface area contributed by atoms with E-state index in [0.717, 1.165) is 11.8 Å². The summed E-state index contributed by atoms with van der Waals surface area (Å²) in [4.78, 5) is 0. The van der Waals surface area contributed by atoms with Crippen molar-refractivity contribution < 1.29 is 50.7 Å². The number of hydrogen-bond acceptors (Lipinski definition) is 0. The van der Waals surface area contributed by atoms with Crippen LogP contribution in [0.4, 0.5) is 0 Å². The van der Waals surface area contributed by atoms with E-state index in [1.54, 1.807) is 11.1 Å². The van der Waals surface area contributed by atoms with Crippen molar-refractivity contribution in [2.24, 2.45) is 0 Å². The van der Waals surface area contributed by atoms with E-state index < -0.39 is 0 Å². The average molecular weight is 644 g/mol. The molecule has 2 aliphatic rings. The zero-order valence-electron chi connectivity index (χ0n) is 19.4. The van der Waals surface area contributed by atoms with Crippen molar-refractivity contribution in [3.05, 3.63) is 83.9 Å². The SMILES string of the molecule is [Cl-].[Cl-].[Hf+4].c1ccc2[cH-]c(C3CCCCC3)cc2c1.c1ccc2[cH-]c(C3CCCCC3)cc2c1. The predicted octanol–water partition coefficient (Wildman–Crippen LogP) is 3.22. The van der Waals surface area contributed by atoms with Crippen LogP contribution in [-0.2, 0) is 25.8 Å². The van der Waals surface area contributed by atoms with Crippen LogP contribution in [0.1, 0.15) is 87.2 Å². The fourth-order valence-corrected chi connectivity index (χ4v) is 5.69. The smallest absolute Gasteiger partial charge is 1.00 e. The molecule has 2 saturated carbocycles. The molecular weight excluding hydrogens is 610 g/mol. The van der Waals surface area contributed by atoms with Crippen molar-refractivity contribution >= 4 is 21.5 Å². The number of hydrogen-bond donors (Lipinski definition) is 0. The van der Waals surface area contributed by atoms with Gasteiger partial charge in [-0.25, -0.2) is 0 Å².